The zero-order chi connectivity index (χ0) is 17.0. The predicted molar refractivity (Wildman–Crippen MR) is 89.4 cm³/mol. The molecule has 1 unspecified atom stereocenters. The zero-order valence-corrected chi connectivity index (χ0v) is 13.9. The van der Waals surface area contributed by atoms with Crippen molar-refractivity contribution in [3.05, 3.63) is 41.6 Å². The number of amides is 1. The number of nitrogens with zero attached hydrogens (tertiary/aromatic N) is 1. The third kappa shape index (κ3) is 4.06. The highest BCUT2D eigenvalue weighted by Gasteiger charge is 2.17. The number of carbonyl (C=O) groups excluding carboxylic acids is 2. The summed E-state index contributed by atoms with van der Waals surface area (Å²) >= 11 is 0. The molecule has 0 bridgehead atoms. The van der Waals surface area contributed by atoms with Gasteiger partial charge in [0.2, 0.25) is 0 Å². The summed E-state index contributed by atoms with van der Waals surface area (Å²) in [6.45, 7) is 5.86. The fraction of sp³-hybridized carbons (Fsp3) is 0.389. The average Bonchev–Trinajstić information content (AvgIpc) is 2.53. The molecule has 122 valence electrons. The number of carbonyl (C=O) groups is 2. The minimum atomic E-state index is -0.347. The molecule has 0 aliphatic heterocycles. The normalized spacial score (nSPS) is 12.2. The van der Waals surface area contributed by atoms with E-state index in [2.05, 4.69) is 15.0 Å². The fourth-order valence-electron chi connectivity index (χ4n) is 2.37. The maximum atomic E-state index is 12.6. The van der Waals surface area contributed by atoms with E-state index < -0.39 is 0 Å². The number of benzene rings is 1. The van der Waals surface area contributed by atoms with Crippen LogP contribution in [0.5, 0.6) is 0 Å². The topological polar surface area (TPSA) is 68.3 Å². The predicted octanol–water partition coefficient (Wildman–Crippen LogP) is 3.04. The lowest BCUT2D eigenvalue weighted by Gasteiger charge is -2.15. The summed E-state index contributed by atoms with van der Waals surface area (Å²) in [5.41, 5.74) is 2.25. The minimum Gasteiger partial charge on any atom is -0.469 e. The molecule has 5 nitrogen and oxygen atoms in total. The summed E-state index contributed by atoms with van der Waals surface area (Å²) in [4.78, 5) is 28.5. The molecule has 0 saturated carbocycles. The molecule has 5 heteroatoms. The van der Waals surface area contributed by atoms with Crippen LogP contribution < -0.4 is 5.32 Å². The molecule has 1 atom stereocenters. The van der Waals surface area contributed by atoms with Crippen LogP contribution in [0.1, 0.15) is 49.2 Å². The van der Waals surface area contributed by atoms with Gasteiger partial charge in [-0.3, -0.25) is 14.6 Å². The molecule has 0 aliphatic rings. The third-order valence-electron chi connectivity index (χ3n) is 3.65. The van der Waals surface area contributed by atoms with Crippen LogP contribution in [-0.2, 0) is 9.53 Å². The van der Waals surface area contributed by atoms with Gasteiger partial charge < -0.3 is 10.1 Å². The van der Waals surface area contributed by atoms with E-state index in [4.69, 9.17) is 0 Å². The first kappa shape index (κ1) is 16.9. The van der Waals surface area contributed by atoms with Crippen LogP contribution in [0.25, 0.3) is 10.9 Å². The highest BCUT2D eigenvalue weighted by atomic mass is 16.5. The van der Waals surface area contributed by atoms with E-state index in [-0.39, 0.29) is 30.3 Å². The number of esters is 1. The Hall–Kier alpha value is -2.43. The summed E-state index contributed by atoms with van der Waals surface area (Å²) in [5, 5.41) is 3.66. The fourth-order valence-corrected chi connectivity index (χ4v) is 2.37. The molecule has 1 aromatic heterocycles. The first-order chi connectivity index (χ1) is 10.9. The molecule has 2 rings (SSSR count). The van der Waals surface area contributed by atoms with Crippen molar-refractivity contribution in [1.29, 1.82) is 0 Å². The average molecular weight is 314 g/mol. The van der Waals surface area contributed by atoms with Crippen LogP contribution in [0.3, 0.4) is 0 Å². The lowest BCUT2D eigenvalue weighted by atomic mass is 10.0. The van der Waals surface area contributed by atoms with Crippen LogP contribution in [-0.4, -0.2) is 30.0 Å². The van der Waals surface area contributed by atoms with Gasteiger partial charge in [-0.05, 0) is 25.0 Å². The number of para-hydroxylation sites is 1. The monoisotopic (exact) mass is 314 g/mol. The molecule has 1 amide bonds. The molecule has 2 aromatic rings. The Bertz CT molecular complexity index is 725. The molecule has 0 aliphatic carbocycles. The van der Waals surface area contributed by atoms with Crippen LogP contribution in [0.15, 0.2) is 30.3 Å². The Balaban J connectivity index is 2.33. The molecule has 23 heavy (non-hydrogen) atoms. The highest BCUT2D eigenvalue weighted by Crippen LogP contribution is 2.22. The number of fused-ring (bicyclic) bond motifs is 1. The molecular formula is C18H22N2O3. The molecule has 0 radical (unpaired) electrons. The third-order valence-corrected chi connectivity index (χ3v) is 3.65. The van der Waals surface area contributed by atoms with E-state index >= 15 is 0 Å². The number of hydrogen-bond donors (Lipinski definition) is 1. The second kappa shape index (κ2) is 7.22. The van der Waals surface area contributed by atoms with Gasteiger partial charge in [0.15, 0.2) is 0 Å². The van der Waals surface area contributed by atoms with Crippen molar-refractivity contribution in [1.82, 2.24) is 10.3 Å². The molecular weight excluding hydrogens is 292 g/mol. The summed E-state index contributed by atoms with van der Waals surface area (Å²) < 4.78 is 4.63. The number of nitrogens with one attached hydrogen (secondary N) is 1. The summed E-state index contributed by atoms with van der Waals surface area (Å²) in [7, 11) is 1.34. The van der Waals surface area contributed by atoms with Crippen molar-refractivity contribution in [2.75, 3.05) is 7.11 Å². The van der Waals surface area contributed by atoms with E-state index in [1.165, 1.54) is 7.11 Å². The molecule has 1 heterocycles. The van der Waals surface area contributed by atoms with Crippen molar-refractivity contribution in [2.24, 2.45) is 0 Å². The van der Waals surface area contributed by atoms with Crippen molar-refractivity contribution < 1.29 is 14.3 Å². The van der Waals surface area contributed by atoms with Crippen molar-refractivity contribution in [3.8, 4) is 0 Å². The van der Waals surface area contributed by atoms with Gasteiger partial charge in [-0.25, -0.2) is 0 Å². The van der Waals surface area contributed by atoms with Gasteiger partial charge in [-0.15, -0.1) is 0 Å². The van der Waals surface area contributed by atoms with Crippen LogP contribution in [0.2, 0.25) is 0 Å². The van der Waals surface area contributed by atoms with Crippen molar-refractivity contribution >= 4 is 22.8 Å². The van der Waals surface area contributed by atoms with Gasteiger partial charge in [-0.1, -0.05) is 32.0 Å². The van der Waals surface area contributed by atoms with Gasteiger partial charge in [0.25, 0.3) is 5.91 Å². The first-order valence-electron chi connectivity index (χ1n) is 7.69. The van der Waals surface area contributed by atoms with E-state index in [0.717, 1.165) is 16.6 Å². The summed E-state index contributed by atoms with van der Waals surface area (Å²) in [5.74, 6) is -0.333. The number of rotatable bonds is 5. The Labute approximate surface area is 136 Å². The summed E-state index contributed by atoms with van der Waals surface area (Å²) in [6.07, 6.45) is 0.141. The maximum absolute atomic E-state index is 12.6. The molecule has 0 fully saturated rings. The Kier molecular flexibility index (Phi) is 5.32. The number of methoxy groups -OCH3 is 1. The van der Waals surface area contributed by atoms with Gasteiger partial charge in [0, 0.05) is 17.1 Å². The van der Waals surface area contributed by atoms with Gasteiger partial charge in [-0.2, -0.15) is 0 Å². The SMILES string of the molecule is COC(=O)CC(C)NC(=O)c1cc(C(C)C)nc2ccccc12. The van der Waals surface area contributed by atoms with E-state index in [1.54, 1.807) is 6.92 Å². The lowest BCUT2D eigenvalue weighted by Crippen LogP contribution is -2.34. The smallest absolute Gasteiger partial charge is 0.307 e. The van der Waals surface area contributed by atoms with Gasteiger partial charge in [0.05, 0.1) is 24.6 Å². The molecule has 0 spiro atoms. The standard InChI is InChI=1S/C18H22N2O3/c1-11(2)16-10-14(13-7-5-6-8-15(13)20-16)18(22)19-12(3)9-17(21)23-4/h5-8,10-12H,9H2,1-4H3,(H,19,22). The van der Waals surface area contributed by atoms with Gasteiger partial charge >= 0.3 is 5.97 Å². The number of ether oxygens (including phenoxy) is 1. The zero-order valence-electron chi connectivity index (χ0n) is 13.9. The Morgan fingerprint density at radius 1 is 1.22 bits per heavy atom. The summed E-state index contributed by atoms with van der Waals surface area (Å²) in [6, 6.07) is 9.09. The minimum absolute atomic E-state index is 0.141. The van der Waals surface area contributed by atoms with Crippen LogP contribution in [0, 0.1) is 0 Å². The first-order valence-corrected chi connectivity index (χ1v) is 7.69. The molecule has 1 N–H and O–H groups in total. The van der Waals surface area contributed by atoms with E-state index in [1.807, 2.05) is 44.2 Å². The van der Waals surface area contributed by atoms with Crippen molar-refractivity contribution in [2.45, 2.75) is 39.2 Å². The lowest BCUT2D eigenvalue weighted by molar-refractivity contribution is -0.141. The Morgan fingerprint density at radius 3 is 2.57 bits per heavy atom. The largest absolute Gasteiger partial charge is 0.469 e. The highest BCUT2D eigenvalue weighted by molar-refractivity contribution is 6.06. The number of pyridine rings is 1. The second-order valence-electron chi connectivity index (χ2n) is 5.92. The van der Waals surface area contributed by atoms with Gasteiger partial charge in [0.1, 0.15) is 0 Å². The van der Waals surface area contributed by atoms with E-state index in [9.17, 15) is 9.59 Å². The second-order valence-corrected chi connectivity index (χ2v) is 5.92. The quantitative estimate of drug-likeness (QED) is 0.861. The molecule has 0 saturated heterocycles. The maximum Gasteiger partial charge on any atom is 0.307 e. The van der Waals surface area contributed by atoms with Crippen LogP contribution in [0.4, 0.5) is 0 Å². The number of aromatic nitrogens is 1. The Morgan fingerprint density at radius 2 is 1.91 bits per heavy atom. The van der Waals surface area contributed by atoms with Crippen molar-refractivity contribution in [3.63, 3.8) is 0 Å². The van der Waals surface area contributed by atoms with Crippen LogP contribution >= 0.6 is 0 Å². The molecule has 1 aromatic carbocycles. The van der Waals surface area contributed by atoms with E-state index in [0.29, 0.717) is 5.56 Å². The number of hydrogen-bond acceptors (Lipinski definition) is 4.